The van der Waals surface area contributed by atoms with Crippen molar-refractivity contribution in [1.29, 1.82) is 0 Å². The van der Waals surface area contributed by atoms with Crippen LogP contribution in [0.2, 0.25) is 0 Å². The van der Waals surface area contributed by atoms with Crippen LogP contribution < -0.4 is 4.90 Å². The molecular weight excluding hydrogens is 372 g/mol. The molecule has 1 aliphatic heterocycles. The molecule has 0 radical (unpaired) electrons. The number of β-amino-alcohol motifs (C(OH)–C–C–N with tert-alkyl or cyclic N) is 1. The van der Waals surface area contributed by atoms with Crippen molar-refractivity contribution >= 4 is 24.0 Å². The lowest BCUT2D eigenvalue weighted by molar-refractivity contribution is -0.119. The number of aliphatic hydroxyl groups excluding tert-OH is 1. The number of hydrogen-bond acceptors (Lipinski definition) is 3. The molecule has 0 aliphatic carbocycles. The lowest BCUT2D eigenvalue weighted by Gasteiger charge is -2.43. The molecule has 2 aromatic rings. The van der Waals surface area contributed by atoms with Gasteiger partial charge in [0.25, 0.3) is 0 Å². The number of benzene rings is 2. The first-order valence-corrected chi connectivity index (χ1v) is 9.92. The maximum Gasteiger partial charge on any atom is 0.226 e. The van der Waals surface area contributed by atoms with Crippen LogP contribution in [0.5, 0.6) is 0 Å². The van der Waals surface area contributed by atoms with Gasteiger partial charge in [-0.1, -0.05) is 62.4 Å². The smallest absolute Gasteiger partial charge is 0.226 e. The molecule has 4 nitrogen and oxygen atoms in total. The first-order valence-electron chi connectivity index (χ1n) is 9.92. The highest BCUT2D eigenvalue weighted by atomic mass is 35.5. The monoisotopic (exact) mass is 402 g/mol. The highest BCUT2D eigenvalue weighted by Crippen LogP contribution is 2.29. The van der Waals surface area contributed by atoms with Crippen LogP contribution in [0.1, 0.15) is 38.4 Å². The van der Waals surface area contributed by atoms with Crippen molar-refractivity contribution in [2.24, 2.45) is 5.92 Å². The van der Waals surface area contributed by atoms with Crippen LogP contribution >= 0.6 is 12.4 Å². The highest BCUT2D eigenvalue weighted by molar-refractivity contribution is 5.93. The van der Waals surface area contributed by atoms with Gasteiger partial charge in [0, 0.05) is 37.8 Å². The van der Waals surface area contributed by atoms with Gasteiger partial charge < -0.3 is 10.0 Å². The second kappa shape index (κ2) is 10.6. The van der Waals surface area contributed by atoms with Crippen molar-refractivity contribution in [3.63, 3.8) is 0 Å². The van der Waals surface area contributed by atoms with Crippen LogP contribution in [0.25, 0.3) is 0 Å². The van der Waals surface area contributed by atoms with Crippen molar-refractivity contribution < 1.29 is 9.90 Å². The molecule has 1 heterocycles. The van der Waals surface area contributed by atoms with Crippen LogP contribution in [0.15, 0.2) is 60.7 Å². The zero-order valence-corrected chi connectivity index (χ0v) is 17.5. The van der Waals surface area contributed by atoms with Crippen LogP contribution in [0.4, 0.5) is 5.69 Å². The fourth-order valence-electron chi connectivity index (χ4n) is 4.07. The molecule has 0 unspecified atom stereocenters. The molecule has 1 N–H and O–H groups in total. The molecular formula is C23H31ClN2O2. The van der Waals surface area contributed by atoms with E-state index in [9.17, 15) is 9.90 Å². The van der Waals surface area contributed by atoms with Gasteiger partial charge in [0.15, 0.2) is 0 Å². The van der Waals surface area contributed by atoms with Crippen molar-refractivity contribution in [2.75, 3.05) is 24.5 Å². The summed E-state index contributed by atoms with van der Waals surface area (Å²) >= 11 is 0. The predicted molar refractivity (Wildman–Crippen MR) is 117 cm³/mol. The van der Waals surface area contributed by atoms with Gasteiger partial charge in [0.05, 0.1) is 6.10 Å². The van der Waals surface area contributed by atoms with Gasteiger partial charge in [-0.05, 0) is 30.0 Å². The molecule has 1 amide bonds. The summed E-state index contributed by atoms with van der Waals surface area (Å²) in [6, 6.07) is 20.0. The molecule has 1 fully saturated rings. The van der Waals surface area contributed by atoms with Crippen molar-refractivity contribution in [1.82, 2.24) is 4.90 Å². The Bertz CT molecular complexity index is 726. The molecule has 1 saturated heterocycles. The van der Waals surface area contributed by atoms with Crippen molar-refractivity contribution in [3.8, 4) is 0 Å². The molecule has 0 bridgehead atoms. The summed E-state index contributed by atoms with van der Waals surface area (Å²) in [4.78, 5) is 17.0. The molecule has 1 aliphatic rings. The van der Waals surface area contributed by atoms with E-state index in [-0.39, 0.29) is 24.4 Å². The molecule has 0 aromatic heterocycles. The highest BCUT2D eigenvalue weighted by Gasteiger charge is 2.34. The maximum atomic E-state index is 12.7. The Morgan fingerprint density at radius 2 is 1.75 bits per heavy atom. The average Bonchev–Trinajstić information content (AvgIpc) is 2.71. The first kappa shape index (κ1) is 22.4. The van der Waals surface area contributed by atoms with Gasteiger partial charge in [-0.3, -0.25) is 9.69 Å². The van der Waals surface area contributed by atoms with Gasteiger partial charge >= 0.3 is 0 Å². The van der Waals surface area contributed by atoms with E-state index in [0.29, 0.717) is 18.9 Å². The van der Waals surface area contributed by atoms with E-state index in [0.717, 1.165) is 30.8 Å². The predicted octanol–water partition coefficient (Wildman–Crippen LogP) is 4.30. The van der Waals surface area contributed by atoms with E-state index in [1.807, 2.05) is 72.5 Å². The molecule has 2 aromatic carbocycles. The third-order valence-electron chi connectivity index (χ3n) is 5.50. The second-order valence-corrected chi connectivity index (χ2v) is 7.47. The van der Waals surface area contributed by atoms with E-state index in [1.165, 1.54) is 0 Å². The minimum absolute atomic E-state index is 0. The maximum absolute atomic E-state index is 12.7. The number of piperidine rings is 1. The number of halogens is 1. The minimum Gasteiger partial charge on any atom is -0.387 e. The van der Waals surface area contributed by atoms with Crippen molar-refractivity contribution in [2.45, 2.75) is 38.8 Å². The van der Waals surface area contributed by atoms with Crippen LogP contribution in [-0.2, 0) is 4.79 Å². The SMILES string of the molecule is CCC(=O)N(c1ccccc1)[C@@H]1CCN(C[C@H](O)c2ccccc2)C[C@@H]1C.Cl. The van der Waals surface area contributed by atoms with Crippen LogP contribution in [-0.4, -0.2) is 41.6 Å². The topological polar surface area (TPSA) is 43.8 Å². The number of rotatable bonds is 6. The van der Waals surface area contributed by atoms with E-state index in [1.54, 1.807) is 0 Å². The minimum atomic E-state index is -0.475. The number of hydrogen-bond donors (Lipinski definition) is 1. The number of anilines is 1. The lowest BCUT2D eigenvalue weighted by Crippen LogP contribution is -2.52. The fraction of sp³-hybridized carbons (Fsp3) is 0.435. The number of carbonyl (C=O) groups excluding carboxylic acids is 1. The van der Waals surface area contributed by atoms with Crippen LogP contribution in [0, 0.1) is 5.92 Å². The lowest BCUT2D eigenvalue weighted by atomic mass is 9.91. The first-order chi connectivity index (χ1) is 13.1. The van der Waals surface area contributed by atoms with Gasteiger partial charge in [-0.25, -0.2) is 0 Å². The molecule has 0 saturated carbocycles. The van der Waals surface area contributed by atoms with E-state index in [2.05, 4.69) is 11.8 Å². The Balaban J connectivity index is 0.00000280. The zero-order chi connectivity index (χ0) is 19.2. The molecule has 3 rings (SSSR count). The summed E-state index contributed by atoms with van der Waals surface area (Å²) in [6.07, 6.45) is 0.954. The number of nitrogens with zero attached hydrogens (tertiary/aromatic N) is 2. The molecule has 152 valence electrons. The Labute approximate surface area is 174 Å². The Hall–Kier alpha value is -1.88. The second-order valence-electron chi connectivity index (χ2n) is 7.47. The van der Waals surface area contributed by atoms with Crippen LogP contribution in [0.3, 0.4) is 0 Å². The Morgan fingerprint density at radius 3 is 2.32 bits per heavy atom. The summed E-state index contributed by atoms with van der Waals surface area (Å²) in [7, 11) is 0. The standard InChI is InChI=1S/C23H30N2O2.ClH/c1-3-23(27)25(20-12-8-5-9-13-20)21-14-15-24(16-18(21)2)17-22(26)19-10-6-4-7-11-19;/h4-13,18,21-22,26H,3,14-17H2,1-2H3;1H/t18-,21+,22-;/m0./s1. The number of para-hydroxylation sites is 1. The number of amides is 1. The third kappa shape index (κ3) is 5.34. The van der Waals surface area contributed by atoms with Gasteiger partial charge in [-0.15, -0.1) is 12.4 Å². The summed E-state index contributed by atoms with van der Waals surface area (Å²) in [6.45, 7) is 6.54. The molecule has 3 atom stereocenters. The Kier molecular flexibility index (Phi) is 8.49. The Morgan fingerprint density at radius 1 is 1.14 bits per heavy atom. The number of aliphatic hydroxyl groups is 1. The molecule has 5 heteroatoms. The fourth-order valence-corrected chi connectivity index (χ4v) is 4.07. The van der Waals surface area contributed by atoms with Gasteiger partial charge in [-0.2, -0.15) is 0 Å². The zero-order valence-electron chi connectivity index (χ0n) is 16.7. The van der Waals surface area contributed by atoms with Crippen molar-refractivity contribution in [3.05, 3.63) is 66.2 Å². The summed E-state index contributed by atoms with van der Waals surface area (Å²) < 4.78 is 0. The summed E-state index contributed by atoms with van der Waals surface area (Å²) in [5.41, 5.74) is 1.94. The third-order valence-corrected chi connectivity index (χ3v) is 5.50. The summed E-state index contributed by atoms with van der Waals surface area (Å²) in [5.74, 6) is 0.522. The number of likely N-dealkylation sites (tertiary alicyclic amines) is 1. The normalized spacial score (nSPS) is 20.8. The average molecular weight is 403 g/mol. The van der Waals surface area contributed by atoms with E-state index < -0.39 is 6.10 Å². The quantitative estimate of drug-likeness (QED) is 0.783. The molecule has 0 spiro atoms. The largest absolute Gasteiger partial charge is 0.387 e. The number of carbonyl (C=O) groups is 1. The van der Waals surface area contributed by atoms with Gasteiger partial charge in [0.2, 0.25) is 5.91 Å². The van der Waals surface area contributed by atoms with E-state index in [4.69, 9.17) is 0 Å². The van der Waals surface area contributed by atoms with Gasteiger partial charge in [0.1, 0.15) is 0 Å². The summed E-state index contributed by atoms with van der Waals surface area (Å²) in [5, 5.41) is 10.5. The van der Waals surface area contributed by atoms with E-state index >= 15 is 0 Å². The molecule has 28 heavy (non-hydrogen) atoms.